The Morgan fingerprint density at radius 3 is 2.23 bits per heavy atom. The molecule has 1 N–H and O–H groups in total. The van der Waals surface area contributed by atoms with Crippen molar-refractivity contribution in [3.8, 4) is 0 Å². The van der Waals surface area contributed by atoms with Crippen LogP contribution in [-0.4, -0.2) is 23.1 Å². The summed E-state index contributed by atoms with van der Waals surface area (Å²) in [5.74, 6) is -1.02. The molecule has 0 saturated heterocycles. The standard InChI is InChI=1S/C18H24O4/c1-12(2)16(13-8-4-3-5-9-13)22-18(21)15-11-7-6-10-14(15)17(19)20/h6-7,10-13,16H,3-5,8-9H2,1-2H3,(H,19,20)/t16-/m1/s1. The number of carboxylic acids is 1. The Labute approximate surface area is 131 Å². The second kappa shape index (κ2) is 7.43. The molecule has 1 aliphatic carbocycles. The van der Waals surface area contributed by atoms with E-state index >= 15 is 0 Å². The van der Waals surface area contributed by atoms with Crippen LogP contribution in [0.3, 0.4) is 0 Å². The summed E-state index contributed by atoms with van der Waals surface area (Å²) < 4.78 is 5.73. The fraction of sp³-hybridized carbons (Fsp3) is 0.556. The lowest BCUT2D eigenvalue weighted by atomic mass is 9.81. The third-order valence-corrected chi connectivity index (χ3v) is 4.39. The SMILES string of the molecule is CC(C)[C@@H](OC(=O)c1ccccc1C(=O)O)C1CCCCC1. The first-order valence-corrected chi connectivity index (χ1v) is 8.04. The summed E-state index contributed by atoms with van der Waals surface area (Å²) in [4.78, 5) is 23.7. The molecule has 0 amide bonds. The van der Waals surface area contributed by atoms with E-state index < -0.39 is 11.9 Å². The fourth-order valence-electron chi connectivity index (χ4n) is 3.27. The summed E-state index contributed by atoms with van der Waals surface area (Å²) in [6.07, 6.45) is 5.62. The van der Waals surface area contributed by atoms with Gasteiger partial charge in [-0.15, -0.1) is 0 Å². The van der Waals surface area contributed by atoms with Crippen LogP contribution in [0.5, 0.6) is 0 Å². The van der Waals surface area contributed by atoms with Crippen molar-refractivity contribution in [2.45, 2.75) is 52.1 Å². The Bertz CT molecular complexity index is 530. The highest BCUT2D eigenvalue weighted by atomic mass is 16.5. The van der Waals surface area contributed by atoms with E-state index in [-0.39, 0.29) is 23.1 Å². The highest BCUT2D eigenvalue weighted by Gasteiger charge is 2.30. The second-order valence-electron chi connectivity index (χ2n) is 6.36. The van der Waals surface area contributed by atoms with Gasteiger partial charge >= 0.3 is 11.9 Å². The predicted molar refractivity (Wildman–Crippen MR) is 84.0 cm³/mol. The Kier molecular flexibility index (Phi) is 5.58. The van der Waals surface area contributed by atoms with Gasteiger partial charge in [0.25, 0.3) is 0 Å². The maximum Gasteiger partial charge on any atom is 0.339 e. The molecule has 0 unspecified atom stereocenters. The Morgan fingerprint density at radius 2 is 1.68 bits per heavy atom. The average molecular weight is 304 g/mol. The zero-order valence-corrected chi connectivity index (χ0v) is 13.2. The van der Waals surface area contributed by atoms with Crippen LogP contribution in [0, 0.1) is 11.8 Å². The minimum absolute atomic E-state index is 0.00125. The van der Waals surface area contributed by atoms with Gasteiger partial charge in [-0.25, -0.2) is 9.59 Å². The van der Waals surface area contributed by atoms with Gasteiger partial charge in [-0.3, -0.25) is 0 Å². The molecule has 0 bridgehead atoms. The number of rotatable bonds is 5. The molecule has 1 aromatic rings. The lowest BCUT2D eigenvalue weighted by Crippen LogP contribution is -2.33. The molecule has 1 aromatic carbocycles. The van der Waals surface area contributed by atoms with Gasteiger partial charge in [-0.2, -0.15) is 0 Å². The lowest BCUT2D eigenvalue weighted by Gasteiger charge is -2.32. The van der Waals surface area contributed by atoms with E-state index in [4.69, 9.17) is 4.74 Å². The Hall–Kier alpha value is -1.84. The lowest BCUT2D eigenvalue weighted by molar-refractivity contribution is -0.00981. The molecule has 2 rings (SSSR count). The summed E-state index contributed by atoms with van der Waals surface area (Å²) in [6.45, 7) is 4.10. The molecule has 22 heavy (non-hydrogen) atoms. The van der Waals surface area contributed by atoms with Crippen LogP contribution >= 0.6 is 0 Å². The Morgan fingerprint density at radius 1 is 1.09 bits per heavy atom. The highest BCUT2D eigenvalue weighted by molar-refractivity contribution is 6.02. The molecule has 0 radical (unpaired) electrons. The van der Waals surface area contributed by atoms with Crippen LogP contribution in [0.15, 0.2) is 24.3 Å². The highest BCUT2D eigenvalue weighted by Crippen LogP contribution is 2.32. The number of ether oxygens (including phenoxy) is 1. The number of aromatic carboxylic acids is 1. The molecular weight excluding hydrogens is 280 g/mol. The molecule has 4 heteroatoms. The fourth-order valence-corrected chi connectivity index (χ4v) is 3.27. The van der Waals surface area contributed by atoms with Gasteiger partial charge < -0.3 is 9.84 Å². The molecule has 0 heterocycles. The number of carbonyl (C=O) groups excluding carboxylic acids is 1. The largest absolute Gasteiger partial charge is 0.478 e. The monoisotopic (exact) mass is 304 g/mol. The van der Waals surface area contributed by atoms with Crippen LogP contribution in [0.25, 0.3) is 0 Å². The van der Waals surface area contributed by atoms with Gasteiger partial charge in [-0.05, 0) is 36.8 Å². The first kappa shape index (κ1) is 16.5. The van der Waals surface area contributed by atoms with E-state index in [1.807, 2.05) is 0 Å². The van der Waals surface area contributed by atoms with E-state index in [2.05, 4.69) is 13.8 Å². The van der Waals surface area contributed by atoms with Crippen LogP contribution in [0.2, 0.25) is 0 Å². The normalized spacial score (nSPS) is 17.2. The molecular formula is C18H24O4. The van der Waals surface area contributed by atoms with E-state index in [9.17, 15) is 14.7 Å². The summed E-state index contributed by atoms with van der Waals surface area (Å²) in [7, 11) is 0. The molecule has 120 valence electrons. The average Bonchev–Trinajstić information content (AvgIpc) is 2.52. The van der Waals surface area contributed by atoms with Crippen LogP contribution < -0.4 is 0 Å². The van der Waals surface area contributed by atoms with Crippen molar-refractivity contribution in [3.63, 3.8) is 0 Å². The van der Waals surface area contributed by atoms with E-state index in [0.29, 0.717) is 5.92 Å². The zero-order chi connectivity index (χ0) is 16.1. The quantitative estimate of drug-likeness (QED) is 0.830. The van der Waals surface area contributed by atoms with Gasteiger partial charge in [0.05, 0.1) is 11.1 Å². The maximum atomic E-state index is 12.4. The molecule has 0 aromatic heterocycles. The molecule has 0 spiro atoms. The molecule has 1 fully saturated rings. The van der Waals surface area contributed by atoms with Crippen molar-refractivity contribution in [3.05, 3.63) is 35.4 Å². The van der Waals surface area contributed by atoms with Gasteiger partial charge in [0.15, 0.2) is 0 Å². The minimum atomic E-state index is -1.11. The van der Waals surface area contributed by atoms with Crippen molar-refractivity contribution in [1.82, 2.24) is 0 Å². The Balaban J connectivity index is 2.16. The number of carbonyl (C=O) groups is 2. The summed E-state index contributed by atoms with van der Waals surface area (Å²) in [6, 6.07) is 6.23. The number of esters is 1. The topological polar surface area (TPSA) is 63.6 Å². The van der Waals surface area contributed by atoms with Crippen molar-refractivity contribution in [1.29, 1.82) is 0 Å². The van der Waals surface area contributed by atoms with Crippen LogP contribution in [0.1, 0.15) is 66.7 Å². The van der Waals surface area contributed by atoms with Gasteiger partial charge in [0.2, 0.25) is 0 Å². The van der Waals surface area contributed by atoms with E-state index in [1.54, 1.807) is 12.1 Å². The smallest absolute Gasteiger partial charge is 0.339 e. The van der Waals surface area contributed by atoms with Crippen LogP contribution in [0.4, 0.5) is 0 Å². The van der Waals surface area contributed by atoms with Gasteiger partial charge in [-0.1, -0.05) is 45.2 Å². The van der Waals surface area contributed by atoms with E-state index in [1.165, 1.54) is 31.4 Å². The zero-order valence-electron chi connectivity index (χ0n) is 13.2. The summed E-state index contributed by atoms with van der Waals surface area (Å²) in [5.41, 5.74) is 0.134. The predicted octanol–water partition coefficient (Wildman–Crippen LogP) is 4.15. The third kappa shape index (κ3) is 3.87. The van der Waals surface area contributed by atoms with Crippen molar-refractivity contribution in [2.75, 3.05) is 0 Å². The minimum Gasteiger partial charge on any atom is -0.478 e. The number of hydrogen-bond donors (Lipinski definition) is 1. The van der Waals surface area contributed by atoms with Crippen molar-refractivity contribution < 1.29 is 19.4 Å². The van der Waals surface area contributed by atoms with Crippen molar-refractivity contribution in [2.24, 2.45) is 11.8 Å². The number of benzene rings is 1. The number of carboxylic acid groups (broad SMARTS) is 1. The third-order valence-electron chi connectivity index (χ3n) is 4.39. The molecule has 1 saturated carbocycles. The molecule has 1 aliphatic rings. The summed E-state index contributed by atoms with van der Waals surface area (Å²) >= 11 is 0. The first-order chi connectivity index (χ1) is 10.5. The van der Waals surface area contributed by atoms with Gasteiger partial charge in [0, 0.05) is 0 Å². The molecule has 4 nitrogen and oxygen atoms in total. The number of hydrogen-bond acceptors (Lipinski definition) is 3. The van der Waals surface area contributed by atoms with Crippen molar-refractivity contribution >= 4 is 11.9 Å². The second-order valence-corrected chi connectivity index (χ2v) is 6.36. The van der Waals surface area contributed by atoms with Gasteiger partial charge in [0.1, 0.15) is 6.10 Å². The van der Waals surface area contributed by atoms with Crippen LogP contribution in [-0.2, 0) is 4.74 Å². The molecule has 1 atom stereocenters. The van der Waals surface area contributed by atoms with E-state index in [0.717, 1.165) is 12.8 Å². The first-order valence-electron chi connectivity index (χ1n) is 8.04. The summed E-state index contributed by atoms with van der Waals surface area (Å²) in [5, 5.41) is 9.20. The maximum absolute atomic E-state index is 12.4. The molecule has 0 aliphatic heterocycles.